The highest BCUT2D eigenvalue weighted by molar-refractivity contribution is 9.10. The molecular formula is C12H16BrNO2. The molecule has 0 unspecified atom stereocenters. The van der Waals surface area contributed by atoms with Crippen molar-refractivity contribution in [3.8, 4) is 0 Å². The molecule has 0 amide bonds. The molecule has 0 saturated heterocycles. The van der Waals surface area contributed by atoms with E-state index >= 15 is 0 Å². The third kappa shape index (κ3) is 3.85. The van der Waals surface area contributed by atoms with Gasteiger partial charge in [0.15, 0.2) is 0 Å². The first kappa shape index (κ1) is 13.0. The van der Waals surface area contributed by atoms with Crippen molar-refractivity contribution in [2.24, 2.45) is 0 Å². The standard InChI is InChI=1S/C12H16BrNO2/c1-9-8-10(13)5-6-11(9)14(2)7-3-4-12(15)16/h5-6,8H,3-4,7H2,1-2H3,(H,15,16). The van der Waals surface area contributed by atoms with Gasteiger partial charge in [-0.3, -0.25) is 4.79 Å². The van der Waals surface area contributed by atoms with E-state index < -0.39 is 5.97 Å². The molecule has 0 bridgehead atoms. The summed E-state index contributed by atoms with van der Waals surface area (Å²) in [6.07, 6.45) is 0.890. The van der Waals surface area contributed by atoms with E-state index in [9.17, 15) is 4.79 Å². The molecule has 0 aliphatic rings. The number of anilines is 1. The van der Waals surface area contributed by atoms with Gasteiger partial charge in [-0.1, -0.05) is 15.9 Å². The monoisotopic (exact) mass is 285 g/mol. The van der Waals surface area contributed by atoms with Gasteiger partial charge in [0.1, 0.15) is 0 Å². The minimum atomic E-state index is -0.735. The van der Waals surface area contributed by atoms with E-state index in [4.69, 9.17) is 5.11 Å². The van der Waals surface area contributed by atoms with Gasteiger partial charge in [-0.2, -0.15) is 0 Å². The van der Waals surface area contributed by atoms with Gasteiger partial charge in [-0.25, -0.2) is 0 Å². The first-order valence-electron chi connectivity index (χ1n) is 5.20. The fourth-order valence-electron chi connectivity index (χ4n) is 1.64. The van der Waals surface area contributed by atoms with Crippen molar-refractivity contribution in [1.82, 2.24) is 0 Å². The Morgan fingerprint density at radius 2 is 2.19 bits per heavy atom. The van der Waals surface area contributed by atoms with Crippen molar-refractivity contribution >= 4 is 27.6 Å². The number of carboxylic acids is 1. The highest BCUT2D eigenvalue weighted by Crippen LogP contribution is 2.23. The third-order valence-electron chi connectivity index (χ3n) is 2.45. The largest absolute Gasteiger partial charge is 0.481 e. The Bertz CT molecular complexity index is 379. The van der Waals surface area contributed by atoms with Gasteiger partial charge in [0.05, 0.1) is 0 Å². The van der Waals surface area contributed by atoms with E-state index in [2.05, 4.69) is 26.9 Å². The molecule has 1 aromatic rings. The Hall–Kier alpha value is -1.03. The topological polar surface area (TPSA) is 40.5 Å². The summed E-state index contributed by atoms with van der Waals surface area (Å²) in [4.78, 5) is 12.5. The molecule has 0 spiro atoms. The van der Waals surface area contributed by atoms with Crippen LogP contribution in [-0.2, 0) is 4.79 Å². The van der Waals surface area contributed by atoms with E-state index in [-0.39, 0.29) is 6.42 Å². The zero-order valence-corrected chi connectivity index (χ0v) is 11.1. The molecule has 1 rings (SSSR count). The van der Waals surface area contributed by atoms with Crippen LogP contribution in [-0.4, -0.2) is 24.7 Å². The summed E-state index contributed by atoms with van der Waals surface area (Å²) in [6.45, 7) is 2.81. The maximum atomic E-state index is 10.4. The zero-order valence-electron chi connectivity index (χ0n) is 9.53. The molecule has 4 heteroatoms. The minimum Gasteiger partial charge on any atom is -0.481 e. The normalized spacial score (nSPS) is 10.2. The van der Waals surface area contributed by atoms with Crippen LogP contribution >= 0.6 is 15.9 Å². The lowest BCUT2D eigenvalue weighted by atomic mass is 10.2. The molecule has 1 N–H and O–H groups in total. The fourth-order valence-corrected chi connectivity index (χ4v) is 2.11. The molecule has 0 aliphatic carbocycles. The molecule has 0 aromatic heterocycles. The van der Waals surface area contributed by atoms with E-state index in [1.54, 1.807) is 0 Å². The Balaban J connectivity index is 2.58. The van der Waals surface area contributed by atoms with Crippen LogP contribution in [0.15, 0.2) is 22.7 Å². The Labute approximate surface area is 104 Å². The summed E-state index contributed by atoms with van der Waals surface area (Å²) < 4.78 is 1.06. The van der Waals surface area contributed by atoms with Gasteiger partial charge in [0.2, 0.25) is 0 Å². The van der Waals surface area contributed by atoms with Crippen LogP contribution in [0.3, 0.4) is 0 Å². The summed E-state index contributed by atoms with van der Waals surface area (Å²) in [7, 11) is 1.98. The van der Waals surface area contributed by atoms with Crippen molar-refractivity contribution in [2.45, 2.75) is 19.8 Å². The molecular weight excluding hydrogens is 270 g/mol. The van der Waals surface area contributed by atoms with E-state index in [1.165, 1.54) is 5.56 Å². The van der Waals surface area contributed by atoms with Crippen molar-refractivity contribution < 1.29 is 9.90 Å². The van der Waals surface area contributed by atoms with Crippen LogP contribution in [0.25, 0.3) is 0 Å². The van der Waals surface area contributed by atoms with E-state index in [0.717, 1.165) is 16.7 Å². The minimum absolute atomic E-state index is 0.222. The van der Waals surface area contributed by atoms with Crippen LogP contribution in [0.2, 0.25) is 0 Å². The fraction of sp³-hybridized carbons (Fsp3) is 0.417. The maximum Gasteiger partial charge on any atom is 0.303 e. The lowest BCUT2D eigenvalue weighted by Crippen LogP contribution is -2.20. The first-order valence-corrected chi connectivity index (χ1v) is 5.99. The second-order valence-electron chi connectivity index (χ2n) is 3.85. The summed E-state index contributed by atoms with van der Waals surface area (Å²) >= 11 is 3.42. The highest BCUT2D eigenvalue weighted by Gasteiger charge is 2.05. The number of halogens is 1. The van der Waals surface area contributed by atoms with Gasteiger partial charge < -0.3 is 10.0 Å². The first-order chi connectivity index (χ1) is 7.50. The Kier molecular flexibility index (Phi) is 4.80. The van der Waals surface area contributed by atoms with Gasteiger partial charge in [-0.15, -0.1) is 0 Å². The average molecular weight is 286 g/mol. The van der Waals surface area contributed by atoms with Crippen LogP contribution in [0.1, 0.15) is 18.4 Å². The number of hydrogen-bond donors (Lipinski definition) is 1. The lowest BCUT2D eigenvalue weighted by Gasteiger charge is -2.21. The van der Waals surface area contributed by atoms with E-state index in [0.29, 0.717) is 6.42 Å². The van der Waals surface area contributed by atoms with E-state index in [1.807, 2.05) is 26.1 Å². The van der Waals surface area contributed by atoms with Gasteiger partial charge in [0.25, 0.3) is 0 Å². The van der Waals surface area contributed by atoms with Gasteiger partial charge in [0, 0.05) is 30.2 Å². The quantitative estimate of drug-likeness (QED) is 0.904. The molecule has 1 aromatic carbocycles. The number of carbonyl (C=O) groups is 1. The predicted octanol–water partition coefficient (Wildman–Crippen LogP) is 3.06. The molecule has 16 heavy (non-hydrogen) atoms. The molecule has 0 fully saturated rings. The second kappa shape index (κ2) is 5.89. The summed E-state index contributed by atoms with van der Waals surface area (Å²) in [5.41, 5.74) is 2.33. The summed E-state index contributed by atoms with van der Waals surface area (Å²) in [5.74, 6) is -0.735. The Morgan fingerprint density at radius 3 is 2.75 bits per heavy atom. The van der Waals surface area contributed by atoms with Crippen molar-refractivity contribution in [3.63, 3.8) is 0 Å². The number of nitrogens with zero attached hydrogens (tertiary/aromatic N) is 1. The number of carboxylic acid groups (broad SMARTS) is 1. The van der Waals surface area contributed by atoms with Crippen LogP contribution < -0.4 is 4.90 Å². The molecule has 0 aliphatic heterocycles. The van der Waals surface area contributed by atoms with Crippen molar-refractivity contribution in [1.29, 1.82) is 0 Å². The number of benzene rings is 1. The number of hydrogen-bond acceptors (Lipinski definition) is 2. The SMILES string of the molecule is Cc1cc(Br)ccc1N(C)CCCC(=O)O. The van der Waals surface area contributed by atoms with Crippen LogP contribution in [0.4, 0.5) is 5.69 Å². The van der Waals surface area contributed by atoms with Crippen molar-refractivity contribution in [3.05, 3.63) is 28.2 Å². The molecule has 88 valence electrons. The number of aryl methyl sites for hydroxylation is 1. The van der Waals surface area contributed by atoms with Gasteiger partial charge in [-0.05, 0) is 37.1 Å². The second-order valence-corrected chi connectivity index (χ2v) is 4.77. The molecule has 0 saturated carbocycles. The molecule has 0 radical (unpaired) electrons. The maximum absolute atomic E-state index is 10.4. The smallest absolute Gasteiger partial charge is 0.303 e. The average Bonchev–Trinajstić information content (AvgIpc) is 2.16. The zero-order chi connectivity index (χ0) is 12.1. The van der Waals surface area contributed by atoms with Crippen LogP contribution in [0.5, 0.6) is 0 Å². The lowest BCUT2D eigenvalue weighted by molar-refractivity contribution is -0.137. The Morgan fingerprint density at radius 1 is 1.50 bits per heavy atom. The molecule has 3 nitrogen and oxygen atoms in total. The van der Waals surface area contributed by atoms with Crippen LogP contribution in [0, 0.1) is 6.92 Å². The van der Waals surface area contributed by atoms with Gasteiger partial charge >= 0.3 is 5.97 Å². The summed E-state index contributed by atoms with van der Waals surface area (Å²) in [5, 5.41) is 8.56. The predicted molar refractivity (Wildman–Crippen MR) is 69.0 cm³/mol. The summed E-state index contributed by atoms with van der Waals surface area (Å²) in [6, 6.07) is 6.10. The highest BCUT2D eigenvalue weighted by atomic mass is 79.9. The van der Waals surface area contributed by atoms with Crippen molar-refractivity contribution in [2.75, 3.05) is 18.5 Å². The molecule has 0 atom stereocenters. The number of rotatable bonds is 5. The third-order valence-corrected chi connectivity index (χ3v) is 2.95. The number of aliphatic carboxylic acids is 1. The molecule has 0 heterocycles.